The topological polar surface area (TPSA) is 59.9 Å². The molecule has 0 radical (unpaired) electrons. The van der Waals surface area contributed by atoms with Gasteiger partial charge < -0.3 is 14.3 Å². The molecule has 4 aromatic rings. The third-order valence-electron chi connectivity index (χ3n) is 4.27. The van der Waals surface area contributed by atoms with Gasteiger partial charge in [-0.25, -0.2) is 9.37 Å². The summed E-state index contributed by atoms with van der Waals surface area (Å²) in [5, 5.41) is 0. The van der Waals surface area contributed by atoms with Gasteiger partial charge in [-0.1, -0.05) is 24.3 Å². The number of rotatable bonds is 4. The van der Waals surface area contributed by atoms with Crippen molar-refractivity contribution in [1.82, 2.24) is 14.5 Å². The summed E-state index contributed by atoms with van der Waals surface area (Å²) in [4.78, 5) is 19.0. The van der Waals surface area contributed by atoms with Crippen LogP contribution in [0.15, 0.2) is 65.8 Å². The molecule has 2 aromatic heterocycles. The highest BCUT2D eigenvalue weighted by atomic mass is 19.1. The quantitative estimate of drug-likeness (QED) is 0.612. The number of nitrogens with zero attached hydrogens (tertiary/aromatic N) is 2. The van der Waals surface area contributed by atoms with Crippen molar-refractivity contribution >= 4 is 11.0 Å². The molecule has 0 atom stereocenters. The number of benzene rings is 2. The second-order valence-electron chi connectivity index (χ2n) is 5.98. The van der Waals surface area contributed by atoms with Gasteiger partial charge in [-0.2, -0.15) is 0 Å². The van der Waals surface area contributed by atoms with Crippen molar-refractivity contribution in [1.29, 1.82) is 0 Å². The van der Waals surface area contributed by atoms with E-state index in [-0.39, 0.29) is 11.4 Å². The Labute approximate surface area is 148 Å². The molecule has 0 bridgehead atoms. The Hall–Kier alpha value is -3.41. The average molecular weight is 349 g/mol. The first kappa shape index (κ1) is 16.1. The zero-order valence-electron chi connectivity index (χ0n) is 14.1. The second-order valence-corrected chi connectivity index (χ2v) is 5.98. The monoisotopic (exact) mass is 349 g/mol. The van der Waals surface area contributed by atoms with Gasteiger partial charge in [0.15, 0.2) is 0 Å². The normalized spacial score (nSPS) is 11.0. The highest BCUT2D eigenvalue weighted by Crippen LogP contribution is 2.30. The van der Waals surface area contributed by atoms with Crippen molar-refractivity contribution in [3.05, 3.63) is 82.8 Å². The molecule has 0 fully saturated rings. The Kier molecular flexibility index (Phi) is 4.01. The summed E-state index contributed by atoms with van der Waals surface area (Å²) in [6.07, 6.45) is 3.30. The Bertz CT molecular complexity index is 1130. The number of hydrogen-bond donors (Lipinski definition) is 1. The van der Waals surface area contributed by atoms with Crippen LogP contribution in [0.2, 0.25) is 0 Å². The van der Waals surface area contributed by atoms with Crippen molar-refractivity contribution in [2.24, 2.45) is 7.05 Å². The van der Waals surface area contributed by atoms with Crippen LogP contribution in [0.5, 0.6) is 5.75 Å². The van der Waals surface area contributed by atoms with Crippen LogP contribution in [0.3, 0.4) is 0 Å². The second kappa shape index (κ2) is 6.48. The molecule has 2 aromatic carbocycles. The first-order valence-electron chi connectivity index (χ1n) is 8.13. The molecular formula is C20H16FN3O2. The molecule has 0 spiro atoms. The third-order valence-corrected chi connectivity index (χ3v) is 4.27. The Balaban J connectivity index is 1.74. The average Bonchev–Trinajstić information content (AvgIpc) is 2.99. The lowest BCUT2D eigenvalue weighted by Crippen LogP contribution is -2.08. The first-order chi connectivity index (χ1) is 12.6. The summed E-state index contributed by atoms with van der Waals surface area (Å²) in [6, 6.07) is 13.7. The molecule has 2 heterocycles. The van der Waals surface area contributed by atoms with Crippen LogP contribution >= 0.6 is 0 Å². The number of H-pyrrole nitrogens is 1. The molecule has 6 heteroatoms. The standard InChI is InChI=1S/C20H16FN3O2/c1-24-10-17(18-19(24)20(25)23-12-22-18)16-5-3-2-4-13(16)11-26-15-8-6-14(21)7-9-15/h2-10,12H,11H2,1H3,(H,22,23,25). The fraction of sp³-hybridized carbons (Fsp3) is 0.100. The van der Waals surface area contributed by atoms with E-state index in [1.807, 2.05) is 37.5 Å². The van der Waals surface area contributed by atoms with Crippen molar-refractivity contribution in [2.75, 3.05) is 0 Å². The van der Waals surface area contributed by atoms with Crippen LogP contribution in [0.4, 0.5) is 4.39 Å². The van der Waals surface area contributed by atoms with Crippen molar-refractivity contribution in [3.63, 3.8) is 0 Å². The maximum Gasteiger partial charge on any atom is 0.275 e. The fourth-order valence-corrected chi connectivity index (χ4v) is 3.03. The van der Waals surface area contributed by atoms with E-state index in [1.165, 1.54) is 18.5 Å². The van der Waals surface area contributed by atoms with Crippen LogP contribution in [-0.4, -0.2) is 14.5 Å². The number of fused-ring (bicyclic) bond motifs is 1. The summed E-state index contributed by atoms with van der Waals surface area (Å²) in [7, 11) is 1.82. The number of halogens is 1. The van der Waals surface area contributed by atoms with Gasteiger partial charge in [0.25, 0.3) is 5.56 Å². The van der Waals surface area contributed by atoms with E-state index >= 15 is 0 Å². The Morgan fingerprint density at radius 3 is 2.69 bits per heavy atom. The largest absolute Gasteiger partial charge is 0.489 e. The fourth-order valence-electron chi connectivity index (χ4n) is 3.03. The third kappa shape index (κ3) is 2.86. The molecule has 26 heavy (non-hydrogen) atoms. The minimum Gasteiger partial charge on any atom is -0.489 e. The number of aryl methyl sites for hydroxylation is 1. The van der Waals surface area contributed by atoms with Gasteiger partial charge in [0.1, 0.15) is 29.2 Å². The lowest BCUT2D eigenvalue weighted by Gasteiger charge is -2.10. The number of hydrogen-bond acceptors (Lipinski definition) is 3. The number of nitrogens with one attached hydrogen (secondary N) is 1. The van der Waals surface area contributed by atoms with E-state index in [2.05, 4.69) is 9.97 Å². The Morgan fingerprint density at radius 2 is 1.88 bits per heavy atom. The van der Waals surface area contributed by atoms with Gasteiger partial charge >= 0.3 is 0 Å². The predicted octanol–water partition coefficient (Wildman–Crippen LogP) is 3.65. The summed E-state index contributed by atoms with van der Waals surface area (Å²) in [6.45, 7) is 0.321. The molecule has 0 saturated carbocycles. The lowest BCUT2D eigenvalue weighted by molar-refractivity contribution is 0.306. The number of ether oxygens (including phenoxy) is 1. The molecule has 130 valence electrons. The van der Waals surface area contributed by atoms with Gasteiger partial charge in [-0.05, 0) is 35.4 Å². The van der Waals surface area contributed by atoms with Crippen LogP contribution in [0, 0.1) is 5.82 Å². The molecule has 0 amide bonds. The van der Waals surface area contributed by atoms with Crippen LogP contribution in [0.25, 0.3) is 22.2 Å². The van der Waals surface area contributed by atoms with E-state index < -0.39 is 0 Å². The zero-order valence-corrected chi connectivity index (χ0v) is 14.1. The van der Waals surface area contributed by atoms with E-state index in [1.54, 1.807) is 16.7 Å². The summed E-state index contributed by atoms with van der Waals surface area (Å²) < 4.78 is 20.6. The molecule has 0 aliphatic carbocycles. The zero-order chi connectivity index (χ0) is 18.1. The van der Waals surface area contributed by atoms with Gasteiger partial charge in [0, 0.05) is 18.8 Å². The number of aromatic amines is 1. The van der Waals surface area contributed by atoms with Gasteiger partial charge in [0.2, 0.25) is 0 Å². The maximum atomic E-state index is 13.0. The van der Waals surface area contributed by atoms with Crippen molar-refractivity contribution < 1.29 is 9.13 Å². The summed E-state index contributed by atoms with van der Waals surface area (Å²) in [5.74, 6) is 0.290. The van der Waals surface area contributed by atoms with Crippen LogP contribution in [-0.2, 0) is 13.7 Å². The molecule has 0 aliphatic heterocycles. The number of aromatic nitrogens is 3. The molecule has 0 saturated heterocycles. The van der Waals surface area contributed by atoms with E-state index in [9.17, 15) is 9.18 Å². The minimum absolute atomic E-state index is 0.177. The Morgan fingerprint density at radius 1 is 1.12 bits per heavy atom. The lowest BCUT2D eigenvalue weighted by atomic mass is 10.0. The van der Waals surface area contributed by atoms with Crippen LogP contribution < -0.4 is 10.3 Å². The smallest absolute Gasteiger partial charge is 0.275 e. The van der Waals surface area contributed by atoms with E-state index in [0.29, 0.717) is 23.4 Å². The van der Waals surface area contributed by atoms with Crippen molar-refractivity contribution in [2.45, 2.75) is 6.61 Å². The molecule has 5 nitrogen and oxygen atoms in total. The summed E-state index contributed by atoms with van der Waals surface area (Å²) >= 11 is 0. The molecule has 0 unspecified atom stereocenters. The summed E-state index contributed by atoms with van der Waals surface area (Å²) in [5.41, 5.74) is 3.75. The highest BCUT2D eigenvalue weighted by Gasteiger charge is 2.15. The van der Waals surface area contributed by atoms with Gasteiger partial charge in [-0.3, -0.25) is 4.79 Å². The maximum absolute atomic E-state index is 13.0. The minimum atomic E-state index is -0.301. The SMILES string of the molecule is Cn1cc(-c2ccccc2COc2ccc(F)cc2)c2nc[nH]c(=O)c21. The van der Waals surface area contributed by atoms with Crippen molar-refractivity contribution in [3.8, 4) is 16.9 Å². The van der Waals surface area contributed by atoms with Crippen LogP contribution in [0.1, 0.15) is 5.56 Å². The predicted molar refractivity (Wildman–Crippen MR) is 97.5 cm³/mol. The van der Waals surface area contributed by atoms with E-state index in [4.69, 9.17) is 4.74 Å². The molecular weight excluding hydrogens is 333 g/mol. The molecule has 4 rings (SSSR count). The van der Waals surface area contributed by atoms with E-state index in [0.717, 1.165) is 16.7 Å². The van der Waals surface area contributed by atoms with Gasteiger partial charge in [-0.15, -0.1) is 0 Å². The molecule has 0 aliphatic rings. The molecule has 1 N–H and O–H groups in total. The highest BCUT2D eigenvalue weighted by molar-refractivity contribution is 5.93. The first-order valence-corrected chi connectivity index (χ1v) is 8.13. The van der Waals surface area contributed by atoms with Gasteiger partial charge in [0.05, 0.1) is 6.33 Å².